The van der Waals surface area contributed by atoms with Crippen LogP contribution in [-0.4, -0.2) is 47.4 Å². The molecule has 0 amide bonds. The number of azo groups is 2. The number of benzene rings is 3. The summed E-state index contributed by atoms with van der Waals surface area (Å²) in [7, 11) is -5.82. The average molecular weight is 476 g/mol. The summed E-state index contributed by atoms with van der Waals surface area (Å²) in [5, 5.41) is 29.9. The van der Waals surface area contributed by atoms with Crippen molar-refractivity contribution < 1.29 is 21.9 Å². The number of aromatic hydroxyl groups is 1. The number of phenols is 1. The van der Waals surface area contributed by atoms with Gasteiger partial charge >= 0.3 is 0 Å². The molecule has 0 bridgehead atoms. The topological polar surface area (TPSA) is 150 Å². The minimum absolute atomic E-state index is 0.162. The maximum absolute atomic E-state index is 12.4. The van der Waals surface area contributed by atoms with Crippen LogP contribution in [0.3, 0.4) is 0 Å². The van der Waals surface area contributed by atoms with Gasteiger partial charge in [-0.2, -0.15) is 15.3 Å². The van der Waals surface area contributed by atoms with E-state index >= 15 is 0 Å². The maximum Gasteiger partial charge on any atom is 0.177 e. The number of rotatable bonds is 7. The van der Waals surface area contributed by atoms with Crippen LogP contribution in [0, 0.1) is 0 Å². The number of phenolic OH excluding ortho intramolecular Hbond substituents is 1. The fourth-order valence-electron chi connectivity index (χ4n) is 2.95. The van der Waals surface area contributed by atoms with Gasteiger partial charge in [-0.05, 0) is 30.3 Å². The molecule has 2 N–H and O–H groups in total. The number of hydrogen-bond donors (Lipinski definition) is 2. The molecule has 10 nitrogen and oxygen atoms in total. The standard InChI is InChI=1S/C20H21N5O5S2/c1-21-24-19-17(32(3,29)30)11-15-14(20(19)26)9-10-16(22-12-31(2,27)28)18(15)25-23-13-7-5-4-6-8-13/h4-11,22,26H,12H2,1-3H3. The van der Waals surface area contributed by atoms with Crippen molar-refractivity contribution in [2.24, 2.45) is 20.5 Å². The fraction of sp³-hybridized carbons (Fsp3) is 0.200. The van der Waals surface area contributed by atoms with Gasteiger partial charge in [-0.25, -0.2) is 16.8 Å². The van der Waals surface area contributed by atoms with Crippen molar-refractivity contribution in [1.82, 2.24) is 0 Å². The minimum Gasteiger partial charge on any atom is -0.505 e. The molecule has 0 heterocycles. The molecule has 0 aliphatic rings. The zero-order valence-electron chi connectivity index (χ0n) is 17.5. The number of nitrogens with one attached hydrogen (secondary N) is 1. The van der Waals surface area contributed by atoms with Gasteiger partial charge in [0.05, 0.1) is 16.3 Å². The Bertz CT molecular complexity index is 1430. The van der Waals surface area contributed by atoms with Crippen LogP contribution in [0.15, 0.2) is 73.9 Å². The number of anilines is 1. The molecule has 0 saturated carbocycles. The number of sulfone groups is 2. The summed E-state index contributed by atoms with van der Waals surface area (Å²) >= 11 is 0. The van der Waals surface area contributed by atoms with E-state index in [9.17, 15) is 21.9 Å². The lowest BCUT2D eigenvalue weighted by molar-refractivity contribution is 0.480. The van der Waals surface area contributed by atoms with Crippen LogP contribution < -0.4 is 5.32 Å². The lowest BCUT2D eigenvalue weighted by Crippen LogP contribution is -2.12. The summed E-state index contributed by atoms with van der Waals surface area (Å²) < 4.78 is 48.1. The van der Waals surface area contributed by atoms with Gasteiger partial charge in [0.1, 0.15) is 17.3 Å². The molecule has 0 atom stereocenters. The van der Waals surface area contributed by atoms with Crippen molar-refractivity contribution in [3.05, 3.63) is 48.5 Å². The van der Waals surface area contributed by atoms with Crippen LogP contribution >= 0.6 is 0 Å². The summed E-state index contributed by atoms with van der Waals surface area (Å²) in [6, 6.07) is 13.2. The molecule has 0 saturated heterocycles. The summed E-state index contributed by atoms with van der Waals surface area (Å²) in [5.74, 6) is -0.765. The Morgan fingerprint density at radius 2 is 1.56 bits per heavy atom. The summed E-state index contributed by atoms with van der Waals surface area (Å²) in [6.45, 7) is 0. The first-order chi connectivity index (χ1) is 15.0. The van der Waals surface area contributed by atoms with E-state index in [1.807, 2.05) is 6.07 Å². The summed E-state index contributed by atoms with van der Waals surface area (Å²) in [6.07, 6.45) is 2.06. The Labute approximate surface area is 185 Å². The second-order valence-electron chi connectivity index (χ2n) is 6.98. The van der Waals surface area contributed by atoms with Crippen molar-refractivity contribution in [2.45, 2.75) is 4.90 Å². The molecular weight excluding hydrogens is 454 g/mol. The molecule has 0 radical (unpaired) electrons. The molecule has 168 valence electrons. The summed E-state index contributed by atoms with van der Waals surface area (Å²) in [4.78, 5) is -0.246. The quantitative estimate of drug-likeness (QED) is 0.481. The van der Waals surface area contributed by atoms with Crippen molar-refractivity contribution in [3.63, 3.8) is 0 Å². The van der Waals surface area contributed by atoms with Gasteiger partial charge in [0.15, 0.2) is 25.4 Å². The molecule has 0 fully saturated rings. The highest BCUT2D eigenvalue weighted by Gasteiger charge is 2.23. The van der Waals surface area contributed by atoms with E-state index in [-0.39, 0.29) is 38.7 Å². The van der Waals surface area contributed by atoms with E-state index < -0.39 is 19.7 Å². The van der Waals surface area contributed by atoms with Gasteiger partial charge in [-0.15, -0.1) is 5.11 Å². The highest BCUT2D eigenvalue weighted by molar-refractivity contribution is 7.91. The molecule has 32 heavy (non-hydrogen) atoms. The van der Waals surface area contributed by atoms with Crippen LogP contribution in [0.1, 0.15) is 0 Å². The molecule has 12 heteroatoms. The average Bonchev–Trinajstić information content (AvgIpc) is 2.72. The van der Waals surface area contributed by atoms with Gasteiger partial charge in [-0.1, -0.05) is 18.2 Å². The van der Waals surface area contributed by atoms with E-state index in [1.54, 1.807) is 24.3 Å². The first kappa shape index (κ1) is 23.3. The van der Waals surface area contributed by atoms with Gasteiger partial charge in [0.25, 0.3) is 0 Å². The number of nitrogens with zero attached hydrogens (tertiary/aromatic N) is 4. The third kappa shape index (κ3) is 5.26. The normalized spacial score (nSPS) is 12.7. The van der Waals surface area contributed by atoms with Crippen LogP contribution in [0.4, 0.5) is 22.7 Å². The molecule has 3 aromatic rings. The van der Waals surface area contributed by atoms with E-state index in [1.165, 1.54) is 25.2 Å². The third-order valence-corrected chi connectivity index (χ3v) is 6.13. The third-order valence-electron chi connectivity index (χ3n) is 4.35. The zero-order valence-corrected chi connectivity index (χ0v) is 19.1. The van der Waals surface area contributed by atoms with Gasteiger partial charge in [-0.3, -0.25) is 0 Å². The molecule has 0 unspecified atom stereocenters. The maximum atomic E-state index is 12.4. The second kappa shape index (κ2) is 9.01. The fourth-order valence-corrected chi connectivity index (χ4v) is 4.18. The zero-order chi connectivity index (χ0) is 23.5. The highest BCUT2D eigenvalue weighted by atomic mass is 32.2. The molecule has 0 aromatic heterocycles. The molecular formula is C20H21N5O5S2. The molecule has 0 aliphatic carbocycles. The number of hydrogen-bond acceptors (Lipinski definition) is 10. The molecule has 0 spiro atoms. The van der Waals surface area contributed by atoms with Gasteiger partial charge in [0, 0.05) is 30.3 Å². The first-order valence-electron chi connectivity index (χ1n) is 9.22. The lowest BCUT2D eigenvalue weighted by Gasteiger charge is -2.14. The Kier molecular flexibility index (Phi) is 6.55. The van der Waals surface area contributed by atoms with Crippen molar-refractivity contribution in [2.75, 3.05) is 30.8 Å². The minimum atomic E-state index is -3.80. The van der Waals surface area contributed by atoms with Crippen LogP contribution in [0.2, 0.25) is 0 Å². The molecule has 3 aromatic carbocycles. The smallest absolute Gasteiger partial charge is 0.177 e. The van der Waals surface area contributed by atoms with Gasteiger partial charge in [0.2, 0.25) is 0 Å². The lowest BCUT2D eigenvalue weighted by atomic mass is 10.1. The Balaban J connectivity index is 2.35. The van der Waals surface area contributed by atoms with Crippen LogP contribution in [0.5, 0.6) is 5.75 Å². The Hall–Kier alpha value is -3.38. The largest absolute Gasteiger partial charge is 0.505 e. The van der Waals surface area contributed by atoms with Crippen molar-refractivity contribution in [3.8, 4) is 5.75 Å². The SMILES string of the molecule is CN=Nc1c(S(C)(=O)=O)cc2c(N=Nc3ccccc3)c(NCS(C)(=O)=O)ccc2c1O. The first-order valence-corrected chi connectivity index (χ1v) is 13.2. The monoisotopic (exact) mass is 475 g/mol. The van der Waals surface area contributed by atoms with E-state index in [0.717, 1.165) is 12.5 Å². The Morgan fingerprint density at radius 3 is 2.16 bits per heavy atom. The summed E-state index contributed by atoms with van der Waals surface area (Å²) in [5.41, 5.74) is 0.800. The van der Waals surface area contributed by atoms with Crippen LogP contribution in [-0.2, 0) is 19.7 Å². The molecule has 3 rings (SSSR count). The van der Waals surface area contributed by atoms with Crippen LogP contribution in [0.25, 0.3) is 10.8 Å². The molecule has 0 aliphatic heterocycles. The predicted molar refractivity (Wildman–Crippen MR) is 123 cm³/mol. The van der Waals surface area contributed by atoms with E-state index in [0.29, 0.717) is 11.4 Å². The van der Waals surface area contributed by atoms with E-state index in [2.05, 4.69) is 25.8 Å². The second-order valence-corrected chi connectivity index (χ2v) is 11.1. The van der Waals surface area contributed by atoms with E-state index in [4.69, 9.17) is 0 Å². The van der Waals surface area contributed by atoms with Gasteiger partial charge < -0.3 is 10.4 Å². The van der Waals surface area contributed by atoms with Crippen molar-refractivity contribution >= 4 is 53.2 Å². The predicted octanol–water partition coefficient (Wildman–Crippen LogP) is 4.49. The Morgan fingerprint density at radius 1 is 0.875 bits per heavy atom. The highest BCUT2D eigenvalue weighted by Crippen LogP contribution is 2.46. The van der Waals surface area contributed by atoms with Crippen molar-refractivity contribution in [1.29, 1.82) is 0 Å². The number of fused-ring (bicyclic) bond motifs is 1.